The maximum atomic E-state index is 13.0. The molecule has 0 spiro atoms. The van der Waals surface area contributed by atoms with Crippen LogP contribution in [0, 0.1) is 5.82 Å². The summed E-state index contributed by atoms with van der Waals surface area (Å²) in [5.74, 6) is -0.166. The maximum Gasteiger partial charge on any atom is 0.224 e. The SMILES string of the molecule is CS(=O)(=O)c1ccc(Oc2ncc(F)cc2CO)cc1. The van der Waals surface area contributed by atoms with Gasteiger partial charge in [-0.05, 0) is 30.3 Å². The molecule has 0 saturated heterocycles. The third-order valence-corrected chi connectivity index (χ3v) is 3.66. The number of aliphatic hydroxyl groups is 1. The molecule has 0 aliphatic rings. The van der Waals surface area contributed by atoms with Crippen LogP contribution in [0.4, 0.5) is 4.39 Å². The molecule has 2 rings (SSSR count). The second kappa shape index (κ2) is 5.56. The van der Waals surface area contributed by atoms with Crippen LogP contribution in [-0.4, -0.2) is 24.8 Å². The van der Waals surface area contributed by atoms with Gasteiger partial charge in [-0.25, -0.2) is 17.8 Å². The number of rotatable bonds is 4. The standard InChI is InChI=1S/C13H12FNO4S/c1-20(17,18)12-4-2-11(3-5-12)19-13-9(8-16)6-10(14)7-15-13/h2-7,16H,8H2,1H3. The number of aromatic nitrogens is 1. The molecule has 0 aliphatic carbocycles. The molecule has 0 fully saturated rings. The fraction of sp³-hybridized carbons (Fsp3) is 0.154. The third kappa shape index (κ3) is 3.31. The topological polar surface area (TPSA) is 76.5 Å². The highest BCUT2D eigenvalue weighted by Crippen LogP contribution is 2.24. The van der Waals surface area contributed by atoms with Gasteiger partial charge >= 0.3 is 0 Å². The fourth-order valence-corrected chi connectivity index (χ4v) is 2.17. The minimum Gasteiger partial charge on any atom is -0.439 e. The highest BCUT2D eigenvalue weighted by molar-refractivity contribution is 7.90. The molecule has 0 atom stereocenters. The maximum absolute atomic E-state index is 13.0. The van der Waals surface area contributed by atoms with Crippen molar-refractivity contribution in [2.24, 2.45) is 0 Å². The molecule has 7 heteroatoms. The molecule has 2 aromatic rings. The molecule has 0 aliphatic heterocycles. The first-order chi connectivity index (χ1) is 9.40. The van der Waals surface area contributed by atoms with E-state index < -0.39 is 22.3 Å². The van der Waals surface area contributed by atoms with E-state index in [-0.39, 0.29) is 16.3 Å². The number of nitrogens with zero attached hydrogens (tertiary/aromatic N) is 1. The smallest absolute Gasteiger partial charge is 0.224 e. The summed E-state index contributed by atoms with van der Waals surface area (Å²) in [7, 11) is -3.27. The summed E-state index contributed by atoms with van der Waals surface area (Å²) in [5, 5.41) is 9.11. The van der Waals surface area contributed by atoms with Crippen LogP contribution in [0.3, 0.4) is 0 Å². The zero-order valence-corrected chi connectivity index (χ0v) is 11.4. The average molecular weight is 297 g/mol. The quantitative estimate of drug-likeness (QED) is 0.933. The van der Waals surface area contributed by atoms with Gasteiger partial charge in [0, 0.05) is 11.8 Å². The van der Waals surface area contributed by atoms with Gasteiger partial charge in [-0.15, -0.1) is 0 Å². The van der Waals surface area contributed by atoms with Gasteiger partial charge in [0.15, 0.2) is 9.84 Å². The van der Waals surface area contributed by atoms with Crippen molar-refractivity contribution >= 4 is 9.84 Å². The summed E-state index contributed by atoms with van der Waals surface area (Å²) in [6, 6.07) is 6.83. The molecule has 0 amide bonds. The number of benzene rings is 1. The minimum atomic E-state index is -3.27. The highest BCUT2D eigenvalue weighted by atomic mass is 32.2. The van der Waals surface area contributed by atoms with E-state index in [0.717, 1.165) is 18.5 Å². The van der Waals surface area contributed by atoms with Crippen molar-refractivity contribution in [2.45, 2.75) is 11.5 Å². The van der Waals surface area contributed by atoms with Gasteiger partial charge in [-0.2, -0.15) is 0 Å². The first-order valence-electron chi connectivity index (χ1n) is 5.63. The largest absolute Gasteiger partial charge is 0.439 e. The summed E-state index contributed by atoms with van der Waals surface area (Å²) in [6.45, 7) is -0.415. The zero-order valence-electron chi connectivity index (χ0n) is 10.6. The van der Waals surface area contributed by atoms with Gasteiger partial charge in [0.2, 0.25) is 5.88 Å². The van der Waals surface area contributed by atoms with Crippen molar-refractivity contribution < 1.29 is 22.7 Å². The molecule has 1 N–H and O–H groups in total. The van der Waals surface area contributed by atoms with Crippen LogP contribution in [0.25, 0.3) is 0 Å². The molecule has 1 heterocycles. The Kier molecular flexibility index (Phi) is 4.01. The Bertz CT molecular complexity index is 714. The number of sulfone groups is 1. The van der Waals surface area contributed by atoms with E-state index in [1.807, 2.05) is 0 Å². The van der Waals surface area contributed by atoms with Crippen LogP contribution < -0.4 is 4.74 Å². The lowest BCUT2D eigenvalue weighted by molar-refractivity contribution is 0.274. The number of halogens is 1. The second-order valence-electron chi connectivity index (χ2n) is 4.12. The van der Waals surface area contributed by atoms with Gasteiger partial charge in [0.1, 0.15) is 11.6 Å². The van der Waals surface area contributed by atoms with Crippen LogP contribution in [0.5, 0.6) is 11.6 Å². The molecule has 5 nitrogen and oxygen atoms in total. The van der Waals surface area contributed by atoms with Gasteiger partial charge in [0.25, 0.3) is 0 Å². The van der Waals surface area contributed by atoms with Gasteiger partial charge in [0.05, 0.1) is 17.7 Å². The molecule has 106 valence electrons. The molecule has 20 heavy (non-hydrogen) atoms. The van der Waals surface area contributed by atoms with E-state index in [0.29, 0.717) is 5.75 Å². The number of hydrogen-bond donors (Lipinski definition) is 1. The summed E-state index contributed by atoms with van der Waals surface area (Å²) >= 11 is 0. The summed E-state index contributed by atoms with van der Waals surface area (Å²) in [6.07, 6.45) is 2.08. The van der Waals surface area contributed by atoms with Crippen molar-refractivity contribution in [3.8, 4) is 11.6 Å². The Balaban J connectivity index is 2.27. The number of ether oxygens (including phenoxy) is 1. The first kappa shape index (κ1) is 14.4. The normalized spacial score (nSPS) is 11.3. The van der Waals surface area contributed by atoms with Crippen molar-refractivity contribution in [2.75, 3.05) is 6.26 Å². The molecule has 1 aromatic carbocycles. The highest BCUT2D eigenvalue weighted by Gasteiger charge is 2.10. The minimum absolute atomic E-state index is 0.0704. The van der Waals surface area contributed by atoms with Crippen LogP contribution in [-0.2, 0) is 16.4 Å². The van der Waals surface area contributed by atoms with Crippen LogP contribution in [0.15, 0.2) is 41.4 Å². The second-order valence-corrected chi connectivity index (χ2v) is 6.14. The lowest BCUT2D eigenvalue weighted by Gasteiger charge is -2.08. The lowest BCUT2D eigenvalue weighted by atomic mass is 10.3. The molecule has 1 aromatic heterocycles. The number of aliphatic hydroxyl groups excluding tert-OH is 1. The van der Waals surface area contributed by atoms with E-state index in [2.05, 4.69) is 4.98 Å². The Hall–Kier alpha value is -1.99. The first-order valence-corrected chi connectivity index (χ1v) is 7.52. The molecular weight excluding hydrogens is 285 g/mol. The fourth-order valence-electron chi connectivity index (χ4n) is 1.54. The molecule has 0 bridgehead atoms. The van der Waals surface area contributed by atoms with Gasteiger partial charge in [-0.3, -0.25) is 0 Å². The van der Waals surface area contributed by atoms with E-state index in [1.54, 1.807) is 0 Å². The Morgan fingerprint density at radius 3 is 2.50 bits per heavy atom. The van der Waals surface area contributed by atoms with Crippen molar-refractivity contribution in [3.63, 3.8) is 0 Å². The van der Waals surface area contributed by atoms with Gasteiger partial charge in [-0.1, -0.05) is 0 Å². The molecule has 0 saturated carbocycles. The number of pyridine rings is 1. The monoisotopic (exact) mass is 297 g/mol. The van der Waals surface area contributed by atoms with Crippen molar-refractivity contribution in [1.82, 2.24) is 4.98 Å². The van der Waals surface area contributed by atoms with Crippen LogP contribution in [0.2, 0.25) is 0 Å². The number of hydrogen-bond acceptors (Lipinski definition) is 5. The van der Waals surface area contributed by atoms with Crippen LogP contribution in [0.1, 0.15) is 5.56 Å². The Morgan fingerprint density at radius 1 is 1.30 bits per heavy atom. The van der Waals surface area contributed by atoms with E-state index >= 15 is 0 Å². The summed E-state index contributed by atoms with van der Waals surface area (Å²) < 4.78 is 41.0. The average Bonchev–Trinajstić information content (AvgIpc) is 2.40. The van der Waals surface area contributed by atoms with Crippen LogP contribution >= 0.6 is 0 Å². The van der Waals surface area contributed by atoms with E-state index in [4.69, 9.17) is 9.84 Å². The summed E-state index contributed by atoms with van der Waals surface area (Å²) in [5.41, 5.74) is 0.206. The third-order valence-electron chi connectivity index (χ3n) is 2.53. The van der Waals surface area contributed by atoms with Crippen molar-refractivity contribution in [1.29, 1.82) is 0 Å². The lowest BCUT2D eigenvalue weighted by Crippen LogP contribution is -1.98. The predicted molar refractivity (Wildman–Crippen MR) is 69.7 cm³/mol. The van der Waals surface area contributed by atoms with E-state index in [1.165, 1.54) is 24.3 Å². The Labute approximate surface area is 115 Å². The van der Waals surface area contributed by atoms with Gasteiger partial charge < -0.3 is 9.84 Å². The van der Waals surface area contributed by atoms with E-state index in [9.17, 15) is 12.8 Å². The Morgan fingerprint density at radius 2 is 1.95 bits per heavy atom. The molecule has 0 unspecified atom stereocenters. The molecule has 0 radical (unpaired) electrons. The predicted octanol–water partition coefficient (Wildman–Crippen LogP) is 1.91. The zero-order chi connectivity index (χ0) is 14.8. The van der Waals surface area contributed by atoms with Crippen molar-refractivity contribution in [3.05, 3.63) is 47.9 Å². The molecular formula is C13H12FNO4S. The summed E-state index contributed by atoms with van der Waals surface area (Å²) in [4.78, 5) is 3.91.